The number of aromatic nitrogens is 1. The van der Waals surface area contributed by atoms with E-state index in [1.54, 1.807) is 53.7 Å². The number of esters is 1. The van der Waals surface area contributed by atoms with Crippen molar-refractivity contribution in [1.82, 2.24) is 10.3 Å². The van der Waals surface area contributed by atoms with Gasteiger partial charge < -0.3 is 19.5 Å². The number of methoxy groups -OCH3 is 1. The highest BCUT2D eigenvalue weighted by molar-refractivity contribution is 5.83. The van der Waals surface area contributed by atoms with Crippen LogP contribution in [0.1, 0.15) is 53.5 Å². The van der Waals surface area contributed by atoms with Gasteiger partial charge in [-0.15, -0.1) is 0 Å². The summed E-state index contributed by atoms with van der Waals surface area (Å²) in [7, 11) is 1.25. The number of hydrogen-bond donors (Lipinski definition) is 2. The summed E-state index contributed by atoms with van der Waals surface area (Å²) in [5.74, 6) is -0.247. The Balaban J connectivity index is 2.73. The van der Waals surface area contributed by atoms with Gasteiger partial charge in [-0.1, -0.05) is 0 Å². The number of anilines is 1. The molecular weight excluding hydrogens is 378 g/mol. The fourth-order valence-corrected chi connectivity index (χ4v) is 2.26. The molecule has 0 bridgehead atoms. The van der Waals surface area contributed by atoms with E-state index in [1.807, 2.05) is 0 Å². The van der Waals surface area contributed by atoms with E-state index in [0.717, 1.165) is 5.56 Å². The summed E-state index contributed by atoms with van der Waals surface area (Å²) >= 11 is 0. The number of alkyl carbamates (subject to hydrolysis) is 1. The number of nitrogens with one attached hydrogen (secondary N) is 2. The molecular formula is C20H31N3O6. The monoisotopic (exact) mass is 409 g/mol. The molecule has 0 aliphatic rings. The van der Waals surface area contributed by atoms with Crippen molar-refractivity contribution in [3.05, 3.63) is 23.9 Å². The van der Waals surface area contributed by atoms with Gasteiger partial charge in [-0.25, -0.2) is 19.4 Å². The van der Waals surface area contributed by atoms with Crippen molar-refractivity contribution < 1.29 is 28.6 Å². The molecule has 0 aromatic carbocycles. The largest absolute Gasteiger partial charge is 0.467 e. The van der Waals surface area contributed by atoms with Crippen LogP contribution in [0.3, 0.4) is 0 Å². The number of amides is 2. The molecule has 2 N–H and O–H groups in total. The quantitative estimate of drug-likeness (QED) is 0.546. The molecule has 0 fully saturated rings. The maximum Gasteiger partial charge on any atom is 0.413 e. The van der Waals surface area contributed by atoms with E-state index in [1.165, 1.54) is 13.3 Å². The third-order valence-corrected chi connectivity index (χ3v) is 3.35. The molecule has 0 aliphatic heterocycles. The van der Waals surface area contributed by atoms with Crippen LogP contribution < -0.4 is 10.6 Å². The molecule has 2 amide bonds. The number of carbonyl (C=O) groups is 3. The van der Waals surface area contributed by atoms with E-state index in [-0.39, 0.29) is 6.42 Å². The number of aryl methyl sites for hydroxylation is 1. The Labute approximate surface area is 171 Å². The molecule has 0 unspecified atom stereocenters. The summed E-state index contributed by atoms with van der Waals surface area (Å²) in [6, 6.07) is 2.55. The van der Waals surface area contributed by atoms with Gasteiger partial charge in [0.05, 0.1) is 7.11 Å². The van der Waals surface area contributed by atoms with Crippen molar-refractivity contribution in [3.8, 4) is 0 Å². The highest BCUT2D eigenvalue weighted by Crippen LogP contribution is 2.14. The average molecular weight is 409 g/mol. The van der Waals surface area contributed by atoms with Crippen molar-refractivity contribution >= 4 is 24.0 Å². The van der Waals surface area contributed by atoms with Gasteiger partial charge in [0, 0.05) is 6.20 Å². The van der Waals surface area contributed by atoms with Crippen LogP contribution in [-0.2, 0) is 25.4 Å². The summed E-state index contributed by atoms with van der Waals surface area (Å²) in [6.07, 6.45) is 0.940. The van der Waals surface area contributed by atoms with Gasteiger partial charge in [0.2, 0.25) is 0 Å². The van der Waals surface area contributed by atoms with E-state index in [2.05, 4.69) is 15.6 Å². The second-order valence-electron chi connectivity index (χ2n) is 8.44. The SMILES string of the molecule is COC(=O)[C@H](CCc1ccnc(NC(=O)OC(C)(C)C)c1)NC(=O)OC(C)(C)C. The number of pyridine rings is 1. The molecule has 0 aliphatic carbocycles. The Morgan fingerprint density at radius 2 is 1.62 bits per heavy atom. The third kappa shape index (κ3) is 10.3. The lowest BCUT2D eigenvalue weighted by Crippen LogP contribution is -2.44. The van der Waals surface area contributed by atoms with Crippen LogP contribution in [0.4, 0.5) is 15.4 Å². The summed E-state index contributed by atoms with van der Waals surface area (Å²) < 4.78 is 15.1. The summed E-state index contributed by atoms with van der Waals surface area (Å²) in [5, 5.41) is 5.09. The zero-order valence-corrected chi connectivity index (χ0v) is 18.1. The number of hydrogen-bond acceptors (Lipinski definition) is 7. The Kier molecular flexibility index (Phi) is 8.42. The van der Waals surface area contributed by atoms with Crippen molar-refractivity contribution in [2.24, 2.45) is 0 Å². The molecule has 1 rings (SSSR count). The molecule has 0 saturated carbocycles. The van der Waals surface area contributed by atoms with Gasteiger partial charge >= 0.3 is 18.2 Å². The fourth-order valence-electron chi connectivity index (χ4n) is 2.26. The molecule has 1 atom stereocenters. The minimum atomic E-state index is -0.870. The molecule has 1 aromatic heterocycles. The van der Waals surface area contributed by atoms with Crippen molar-refractivity contribution in [2.75, 3.05) is 12.4 Å². The van der Waals surface area contributed by atoms with E-state index >= 15 is 0 Å². The first-order valence-electron chi connectivity index (χ1n) is 9.31. The van der Waals surface area contributed by atoms with Crippen LogP contribution >= 0.6 is 0 Å². The number of ether oxygens (including phenoxy) is 3. The van der Waals surface area contributed by atoms with Gasteiger partial charge in [0.15, 0.2) is 0 Å². The summed E-state index contributed by atoms with van der Waals surface area (Å²) in [6.45, 7) is 10.5. The van der Waals surface area contributed by atoms with Crippen molar-refractivity contribution in [1.29, 1.82) is 0 Å². The highest BCUT2D eigenvalue weighted by Gasteiger charge is 2.25. The topological polar surface area (TPSA) is 116 Å². The summed E-state index contributed by atoms with van der Waals surface area (Å²) in [5.41, 5.74) is -0.494. The lowest BCUT2D eigenvalue weighted by atomic mass is 10.1. The zero-order chi connectivity index (χ0) is 22.2. The predicted molar refractivity (Wildman–Crippen MR) is 108 cm³/mol. The first-order valence-corrected chi connectivity index (χ1v) is 9.31. The Morgan fingerprint density at radius 3 is 2.17 bits per heavy atom. The molecule has 0 spiro atoms. The lowest BCUT2D eigenvalue weighted by Gasteiger charge is -2.22. The van der Waals surface area contributed by atoms with E-state index in [4.69, 9.17) is 14.2 Å². The number of nitrogens with zero attached hydrogens (tertiary/aromatic N) is 1. The molecule has 9 heteroatoms. The average Bonchev–Trinajstić information content (AvgIpc) is 2.54. The molecule has 0 saturated heterocycles. The zero-order valence-electron chi connectivity index (χ0n) is 18.1. The van der Waals surface area contributed by atoms with E-state index in [0.29, 0.717) is 12.2 Å². The second-order valence-corrected chi connectivity index (χ2v) is 8.44. The van der Waals surface area contributed by atoms with Gasteiger partial charge in [0.25, 0.3) is 0 Å². The maximum atomic E-state index is 12.0. The first-order chi connectivity index (χ1) is 13.3. The first kappa shape index (κ1) is 24.2. The number of rotatable bonds is 6. The van der Waals surface area contributed by atoms with Gasteiger partial charge in [-0.3, -0.25) is 5.32 Å². The normalized spacial score (nSPS) is 12.5. The van der Waals surface area contributed by atoms with Crippen LogP contribution in [0.25, 0.3) is 0 Å². The Bertz CT molecular complexity index is 722. The van der Waals surface area contributed by atoms with Crippen LogP contribution in [0.5, 0.6) is 0 Å². The Morgan fingerprint density at radius 1 is 1.03 bits per heavy atom. The molecule has 0 radical (unpaired) electrons. The van der Waals surface area contributed by atoms with Crippen LogP contribution in [0.15, 0.2) is 18.3 Å². The minimum absolute atomic E-state index is 0.280. The highest BCUT2D eigenvalue weighted by atomic mass is 16.6. The maximum absolute atomic E-state index is 12.0. The second kappa shape index (κ2) is 10.1. The minimum Gasteiger partial charge on any atom is -0.467 e. The standard InChI is InChI=1S/C20H31N3O6/c1-19(2,3)28-17(25)22-14(16(24)27-7)9-8-13-10-11-21-15(12-13)23-18(26)29-20(4,5)6/h10-12,14H,8-9H2,1-7H3,(H,22,25)(H,21,23,26)/t14-/m0/s1. The van der Waals surface area contributed by atoms with Gasteiger partial charge in [-0.05, 0) is 72.1 Å². The van der Waals surface area contributed by atoms with Crippen molar-refractivity contribution in [2.45, 2.75) is 71.6 Å². The molecule has 1 aromatic rings. The van der Waals surface area contributed by atoms with Crippen LogP contribution in [0.2, 0.25) is 0 Å². The molecule has 29 heavy (non-hydrogen) atoms. The molecule has 1 heterocycles. The summed E-state index contributed by atoms with van der Waals surface area (Å²) in [4.78, 5) is 39.9. The molecule has 162 valence electrons. The van der Waals surface area contributed by atoms with Gasteiger partial charge in [-0.2, -0.15) is 0 Å². The smallest absolute Gasteiger partial charge is 0.413 e. The van der Waals surface area contributed by atoms with E-state index in [9.17, 15) is 14.4 Å². The van der Waals surface area contributed by atoms with E-state index < -0.39 is 35.4 Å². The van der Waals surface area contributed by atoms with Gasteiger partial charge in [0.1, 0.15) is 23.1 Å². The predicted octanol–water partition coefficient (Wildman–Crippen LogP) is 3.43. The van der Waals surface area contributed by atoms with Crippen LogP contribution in [-0.4, -0.2) is 47.5 Å². The van der Waals surface area contributed by atoms with Crippen molar-refractivity contribution in [3.63, 3.8) is 0 Å². The fraction of sp³-hybridized carbons (Fsp3) is 0.600. The Hall–Kier alpha value is -2.84. The number of carbonyl (C=O) groups excluding carboxylic acids is 3. The molecule has 9 nitrogen and oxygen atoms in total. The third-order valence-electron chi connectivity index (χ3n) is 3.35. The lowest BCUT2D eigenvalue weighted by molar-refractivity contribution is -0.143. The van der Waals surface area contributed by atoms with Crippen LogP contribution in [0, 0.1) is 0 Å².